The van der Waals surface area contributed by atoms with Crippen molar-refractivity contribution in [2.45, 2.75) is 70.4 Å². The third-order valence-corrected chi connectivity index (χ3v) is 7.62. The normalized spacial score (nSPS) is 21.8. The lowest BCUT2D eigenvalue weighted by Crippen LogP contribution is -2.59. The third kappa shape index (κ3) is 6.08. The van der Waals surface area contributed by atoms with Crippen molar-refractivity contribution in [3.8, 4) is 0 Å². The highest BCUT2D eigenvalue weighted by atomic mass is 16.2. The summed E-state index contributed by atoms with van der Waals surface area (Å²) in [6, 6.07) is 14.2. The van der Waals surface area contributed by atoms with Gasteiger partial charge in [0.1, 0.15) is 5.54 Å². The summed E-state index contributed by atoms with van der Waals surface area (Å²) in [7, 11) is 0. The van der Waals surface area contributed by atoms with Crippen LogP contribution in [0.5, 0.6) is 0 Å². The van der Waals surface area contributed by atoms with Crippen LogP contribution in [-0.4, -0.2) is 22.3 Å². The van der Waals surface area contributed by atoms with Gasteiger partial charge in [0.05, 0.1) is 12.2 Å². The Bertz CT molecular complexity index is 1070. The monoisotopic (exact) mass is 471 g/mol. The Morgan fingerprint density at radius 1 is 1.03 bits per heavy atom. The number of aryl methyl sites for hydroxylation is 1. The number of hydrogen-bond donors (Lipinski definition) is 2. The molecule has 1 saturated carbocycles. The maximum absolute atomic E-state index is 13.5. The molecule has 1 heterocycles. The van der Waals surface area contributed by atoms with Crippen molar-refractivity contribution in [3.05, 3.63) is 89.8 Å². The van der Waals surface area contributed by atoms with Crippen LogP contribution < -0.4 is 10.6 Å². The van der Waals surface area contributed by atoms with Crippen LogP contribution in [0.1, 0.15) is 68.2 Å². The number of rotatable bonds is 8. The van der Waals surface area contributed by atoms with Crippen LogP contribution in [0.2, 0.25) is 0 Å². The molecule has 0 spiro atoms. The Morgan fingerprint density at radius 3 is 2.49 bits per heavy atom. The van der Waals surface area contributed by atoms with Gasteiger partial charge in [-0.3, -0.25) is 14.6 Å². The fourth-order valence-electron chi connectivity index (χ4n) is 5.53. The zero-order valence-electron chi connectivity index (χ0n) is 20.9. The van der Waals surface area contributed by atoms with Crippen LogP contribution in [-0.2, 0) is 16.1 Å². The maximum Gasteiger partial charge on any atom is 0.246 e. The molecule has 1 fully saturated rings. The zero-order chi connectivity index (χ0) is 24.7. The van der Waals surface area contributed by atoms with E-state index in [1.807, 2.05) is 37.3 Å². The van der Waals surface area contributed by atoms with E-state index in [1.165, 1.54) is 0 Å². The highest BCUT2D eigenvalue weighted by molar-refractivity contribution is 5.91. The van der Waals surface area contributed by atoms with Crippen molar-refractivity contribution in [1.29, 1.82) is 0 Å². The molecule has 2 aliphatic carbocycles. The first-order chi connectivity index (χ1) is 17.0. The van der Waals surface area contributed by atoms with Gasteiger partial charge in [-0.25, -0.2) is 0 Å². The second kappa shape index (κ2) is 11.5. The average molecular weight is 472 g/mol. The predicted molar refractivity (Wildman–Crippen MR) is 140 cm³/mol. The van der Waals surface area contributed by atoms with Gasteiger partial charge in [-0.05, 0) is 54.7 Å². The molecule has 2 N–H and O–H groups in total. The van der Waals surface area contributed by atoms with E-state index in [-0.39, 0.29) is 23.7 Å². The standard InChI is InChI=1S/C30H37N3O2/c1-22-12-7-8-16-25(22)26(24-14-5-3-6-15-24)20-28(34)33-30(17-9-4-10-18-30)29(35)32-21-27-23(2)13-11-19-31-27/h3,5-8,11-16,19,22,25-26H,4,9-10,17-18,20-21H2,1-2H3,(H,32,35)(H,33,34). The van der Waals surface area contributed by atoms with E-state index >= 15 is 0 Å². The summed E-state index contributed by atoms with van der Waals surface area (Å²) in [5.74, 6) is 0.469. The molecule has 1 aromatic carbocycles. The van der Waals surface area contributed by atoms with Gasteiger partial charge < -0.3 is 10.6 Å². The van der Waals surface area contributed by atoms with Crippen molar-refractivity contribution >= 4 is 11.8 Å². The summed E-state index contributed by atoms with van der Waals surface area (Å²) < 4.78 is 0. The molecular weight excluding hydrogens is 434 g/mol. The van der Waals surface area contributed by atoms with Crippen molar-refractivity contribution in [1.82, 2.24) is 15.6 Å². The summed E-state index contributed by atoms with van der Waals surface area (Å²) in [4.78, 5) is 31.4. The minimum atomic E-state index is -0.854. The first kappa shape index (κ1) is 24.9. The lowest BCUT2D eigenvalue weighted by Gasteiger charge is -2.37. The molecular formula is C30H37N3O2. The van der Waals surface area contributed by atoms with Gasteiger partial charge in [-0.2, -0.15) is 0 Å². The van der Waals surface area contributed by atoms with Gasteiger partial charge in [-0.15, -0.1) is 0 Å². The van der Waals surface area contributed by atoms with Crippen molar-refractivity contribution in [2.75, 3.05) is 0 Å². The zero-order valence-corrected chi connectivity index (χ0v) is 20.9. The minimum absolute atomic E-state index is 0.0484. The highest BCUT2D eigenvalue weighted by Gasteiger charge is 2.41. The van der Waals surface area contributed by atoms with Crippen LogP contribution in [0.3, 0.4) is 0 Å². The van der Waals surface area contributed by atoms with E-state index in [4.69, 9.17) is 0 Å². The largest absolute Gasteiger partial charge is 0.348 e. The Kier molecular flexibility index (Phi) is 8.17. The van der Waals surface area contributed by atoms with Crippen LogP contribution in [0.15, 0.2) is 73.0 Å². The average Bonchev–Trinajstić information content (AvgIpc) is 2.88. The van der Waals surface area contributed by atoms with Crippen molar-refractivity contribution in [3.63, 3.8) is 0 Å². The first-order valence-corrected chi connectivity index (χ1v) is 12.9. The fraction of sp³-hybridized carbons (Fsp3) is 0.433. The Labute approximate surface area is 209 Å². The number of aromatic nitrogens is 1. The van der Waals surface area contributed by atoms with Crippen LogP contribution >= 0.6 is 0 Å². The molecule has 0 saturated heterocycles. The first-order valence-electron chi connectivity index (χ1n) is 12.9. The van der Waals surface area contributed by atoms with Gasteiger partial charge in [0.25, 0.3) is 0 Å². The molecule has 0 aliphatic heterocycles. The fourth-order valence-corrected chi connectivity index (χ4v) is 5.53. The number of hydrogen-bond acceptors (Lipinski definition) is 3. The molecule has 2 amide bonds. The van der Waals surface area contributed by atoms with Gasteiger partial charge in [-0.1, -0.05) is 86.9 Å². The number of carbonyl (C=O) groups is 2. The van der Waals surface area contributed by atoms with Gasteiger partial charge in [0.15, 0.2) is 0 Å². The molecule has 3 atom stereocenters. The highest BCUT2D eigenvalue weighted by Crippen LogP contribution is 2.37. The van der Waals surface area contributed by atoms with E-state index < -0.39 is 5.54 Å². The lowest BCUT2D eigenvalue weighted by molar-refractivity contribution is -0.135. The minimum Gasteiger partial charge on any atom is -0.348 e. The molecule has 2 aromatic rings. The Morgan fingerprint density at radius 2 is 1.77 bits per heavy atom. The van der Waals surface area contributed by atoms with E-state index in [1.54, 1.807) is 6.20 Å². The van der Waals surface area contributed by atoms with Crippen LogP contribution in [0.25, 0.3) is 0 Å². The van der Waals surface area contributed by atoms with E-state index in [0.29, 0.717) is 31.7 Å². The quantitative estimate of drug-likeness (QED) is 0.543. The van der Waals surface area contributed by atoms with Crippen LogP contribution in [0, 0.1) is 18.8 Å². The predicted octanol–water partition coefficient (Wildman–Crippen LogP) is 5.38. The molecule has 184 valence electrons. The summed E-state index contributed by atoms with van der Waals surface area (Å²) in [6.45, 7) is 4.56. The maximum atomic E-state index is 13.5. The summed E-state index contributed by atoms with van der Waals surface area (Å²) in [5.41, 5.74) is 2.21. The molecule has 0 radical (unpaired) electrons. The Balaban J connectivity index is 1.50. The van der Waals surface area contributed by atoms with Gasteiger partial charge in [0, 0.05) is 12.6 Å². The summed E-state index contributed by atoms with van der Waals surface area (Å²) in [6.07, 6.45) is 15.0. The second-order valence-electron chi connectivity index (χ2n) is 10.1. The summed E-state index contributed by atoms with van der Waals surface area (Å²) >= 11 is 0. The van der Waals surface area contributed by atoms with Crippen molar-refractivity contribution in [2.24, 2.45) is 11.8 Å². The molecule has 35 heavy (non-hydrogen) atoms. The number of amides is 2. The second-order valence-corrected chi connectivity index (χ2v) is 10.1. The SMILES string of the molecule is Cc1cccnc1CNC(=O)C1(NC(=O)CC(c2ccccc2)C2C=CC=CC2C)CCCCC1. The molecule has 3 unspecified atom stereocenters. The topological polar surface area (TPSA) is 71.1 Å². The van der Waals surface area contributed by atoms with E-state index in [2.05, 4.69) is 59.0 Å². The number of nitrogens with zero attached hydrogens (tertiary/aromatic N) is 1. The smallest absolute Gasteiger partial charge is 0.246 e. The molecule has 1 aromatic heterocycles. The summed E-state index contributed by atoms with van der Waals surface area (Å²) in [5, 5.41) is 6.30. The number of allylic oxidation sites excluding steroid dienone is 4. The molecule has 2 aliphatic rings. The number of benzene rings is 1. The van der Waals surface area contributed by atoms with Crippen LogP contribution in [0.4, 0.5) is 0 Å². The lowest BCUT2D eigenvalue weighted by atomic mass is 9.74. The number of pyridine rings is 1. The van der Waals surface area contributed by atoms with E-state index in [0.717, 1.165) is 36.1 Å². The molecule has 5 nitrogen and oxygen atoms in total. The molecule has 4 rings (SSSR count). The number of nitrogens with one attached hydrogen (secondary N) is 2. The Hall–Kier alpha value is -3.21. The van der Waals surface area contributed by atoms with Gasteiger partial charge in [0.2, 0.25) is 11.8 Å². The van der Waals surface area contributed by atoms with Crippen molar-refractivity contribution < 1.29 is 9.59 Å². The third-order valence-electron chi connectivity index (χ3n) is 7.62. The van der Waals surface area contributed by atoms with Gasteiger partial charge >= 0.3 is 0 Å². The number of carbonyl (C=O) groups excluding carboxylic acids is 2. The molecule has 0 bridgehead atoms. The molecule has 5 heteroatoms. The van der Waals surface area contributed by atoms with E-state index in [9.17, 15) is 9.59 Å².